The van der Waals surface area contributed by atoms with Crippen molar-refractivity contribution in [2.24, 2.45) is 5.41 Å². The Labute approximate surface area is 452 Å². The average Bonchev–Trinajstić information content (AvgIpc) is 4.01. The Morgan fingerprint density at radius 1 is 0.872 bits per heavy atom. The molecule has 78 heavy (non-hydrogen) atoms. The molecule has 1 aromatic heterocycles. The quantitative estimate of drug-likeness (QED) is 0.0337. The highest BCUT2D eigenvalue weighted by molar-refractivity contribution is 7.52. The van der Waals surface area contributed by atoms with Crippen LogP contribution in [-0.4, -0.2) is 140 Å². The Bertz CT molecular complexity index is 3180. The molecule has 2 unspecified atom stereocenters. The number of alkyl halides is 2. The lowest BCUT2D eigenvalue weighted by molar-refractivity contribution is -0.155. The van der Waals surface area contributed by atoms with Gasteiger partial charge in [0.05, 0.1) is 22.5 Å². The fourth-order valence-electron chi connectivity index (χ4n) is 10.2. The van der Waals surface area contributed by atoms with E-state index < -0.39 is 102 Å². The molecular weight excluding hydrogens is 1050 g/mol. The monoisotopic (exact) mass is 1110 g/mol. The number of benzene rings is 3. The number of amides is 9. The fraction of sp³-hybridized carbons (Fsp3) is 0.436. The number of unbranched alkanes of at least 4 members (excludes halogenated alkanes) is 3. The van der Waals surface area contributed by atoms with Crippen LogP contribution in [0.3, 0.4) is 0 Å². The number of nitrogens with zero attached hydrogens (tertiary/aromatic N) is 4. The number of rotatable bonds is 15. The molecule has 0 spiro atoms. The van der Waals surface area contributed by atoms with Gasteiger partial charge in [-0.1, -0.05) is 81.5 Å². The van der Waals surface area contributed by atoms with Crippen LogP contribution in [0, 0.1) is 17.3 Å². The van der Waals surface area contributed by atoms with Crippen LogP contribution < -0.4 is 16.0 Å². The smallest absolute Gasteiger partial charge is 0.356 e. The highest BCUT2D eigenvalue weighted by Gasteiger charge is 2.51. The number of halogens is 2. The number of imide groups is 2. The maximum Gasteiger partial charge on any atom is 0.399 e. The van der Waals surface area contributed by atoms with E-state index in [9.17, 15) is 66.3 Å². The molecule has 3 fully saturated rings. The summed E-state index contributed by atoms with van der Waals surface area (Å²) in [5.74, 6) is 0.786. The Balaban J connectivity index is 0.881. The summed E-state index contributed by atoms with van der Waals surface area (Å²) in [5, 5.41) is 7.88. The number of likely N-dealkylation sites (tertiary alicyclic amines) is 1. The minimum Gasteiger partial charge on any atom is -0.356 e. The van der Waals surface area contributed by atoms with E-state index in [-0.39, 0.29) is 66.3 Å². The lowest BCUT2D eigenvalue weighted by Crippen LogP contribution is -2.66. The van der Waals surface area contributed by atoms with Crippen molar-refractivity contribution in [2.45, 2.75) is 108 Å². The molecule has 0 saturated carbocycles. The third-order valence-corrected chi connectivity index (χ3v) is 16.6. The zero-order valence-corrected chi connectivity index (χ0v) is 44.9. The van der Waals surface area contributed by atoms with Crippen molar-refractivity contribution in [3.63, 3.8) is 0 Å². The molecule has 23 heteroatoms. The summed E-state index contributed by atoms with van der Waals surface area (Å²) in [6, 6.07) is 15.3. The fourth-order valence-corrected chi connectivity index (χ4v) is 11.7. The lowest BCUT2D eigenvalue weighted by atomic mass is 9.85. The number of carbonyl (C=O) groups is 9. The van der Waals surface area contributed by atoms with Crippen molar-refractivity contribution in [1.29, 1.82) is 0 Å². The molecule has 0 aliphatic carbocycles. The number of nitrogens with one attached hydrogen (secondary N) is 3. The number of piperazine rings is 1. The maximum atomic E-state index is 14.9. The number of piperidine rings is 2. The molecule has 4 aliphatic heterocycles. The van der Waals surface area contributed by atoms with Gasteiger partial charge in [-0.25, -0.2) is 0 Å². The van der Waals surface area contributed by atoms with E-state index >= 15 is 0 Å². The summed E-state index contributed by atoms with van der Waals surface area (Å²) >= 11 is 0.928. The normalized spacial score (nSPS) is 19.4. The molecule has 0 bridgehead atoms. The standard InChI is InChI=1S/C55H60F2N7O12PS/c1-54(2,3)47(60-49(69)42-29-36-28-37(20-22-41(36)78-42)55(56,57)77(74,75)76)53(73)63-27-26-61(32-40(63)51(71)62-25-13-18-35(31-62)33-14-9-7-10-15-33)45(67)30-44(66)58-24-11-6-4-5-8-16-34-17-12-19-38-46(34)52(72)64(50(38)70)39-21-23-43(65)59-48(39)68/h7,9-10,12,14-15,17,19-20,22,28-29,35,39-40,47H,4-6,11,13,18,21,23-27,30-32H2,1-3H3,(H,58,66)(H,60,69)(H,59,65,68)(H2,74,75,76)/t35-,39?,40-,47?/m0/s1. The van der Waals surface area contributed by atoms with E-state index in [2.05, 4.69) is 27.8 Å². The summed E-state index contributed by atoms with van der Waals surface area (Å²) in [6.07, 6.45) is 3.31. The molecule has 412 valence electrons. The second-order valence-electron chi connectivity index (χ2n) is 21.0. The number of hydrogen-bond donors (Lipinski definition) is 5. The molecule has 4 aliphatic rings. The van der Waals surface area contributed by atoms with Crippen LogP contribution in [0.1, 0.15) is 132 Å². The van der Waals surface area contributed by atoms with Crippen LogP contribution in [0.4, 0.5) is 8.78 Å². The van der Waals surface area contributed by atoms with Gasteiger partial charge in [0, 0.05) is 67.3 Å². The number of hydrogen-bond acceptors (Lipinski definition) is 11. The van der Waals surface area contributed by atoms with E-state index in [4.69, 9.17) is 0 Å². The van der Waals surface area contributed by atoms with Crippen LogP contribution in [0.25, 0.3) is 10.1 Å². The zero-order valence-electron chi connectivity index (χ0n) is 43.2. The summed E-state index contributed by atoms with van der Waals surface area (Å²) < 4.78 is 41.1. The van der Waals surface area contributed by atoms with Crippen LogP contribution >= 0.6 is 18.9 Å². The first kappa shape index (κ1) is 57.0. The molecule has 19 nitrogen and oxygen atoms in total. The minimum atomic E-state index is -5.87. The highest BCUT2D eigenvalue weighted by Crippen LogP contribution is 2.59. The molecule has 9 amide bonds. The second-order valence-corrected chi connectivity index (χ2v) is 23.7. The van der Waals surface area contributed by atoms with E-state index in [0.717, 1.165) is 40.4 Å². The maximum absolute atomic E-state index is 14.9. The van der Waals surface area contributed by atoms with E-state index in [1.807, 2.05) is 30.3 Å². The molecule has 5 N–H and O–H groups in total. The molecule has 3 aromatic carbocycles. The average molecular weight is 1110 g/mol. The van der Waals surface area contributed by atoms with Gasteiger partial charge < -0.3 is 35.1 Å². The molecule has 5 heterocycles. The largest absolute Gasteiger partial charge is 0.399 e. The molecule has 8 rings (SSSR count). The van der Waals surface area contributed by atoms with Crippen LogP contribution in [-0.2, 0) is 39.0 Å². The van der Waals surface area contributed by atoms with Gasteiger partial charge >= 0.3 is 13.3 Å². The Morgan fingerprint density at radius 2 is 1.63 bits per heavy atom. The third-order valence-electron chi connectivity index (χ3n) is 14.5. The summed E-state index contributed by atoms with van der Waals surface area (Å²) in [4.78, 5) is 145. The number of carbonyl (C=O) groups excluding carboxylic acids is 9. The molecule has 0 radical (unpaired) electrons. The van der Waals surface area contributed by atoms with Gasteiger partial charge in [0.1, 0.15) is 24.5 Å². The van der Waals surface area contributed by atoms with E-state index in [0.29, 0.717) is 55.5 Å². The minimum absolute atomic E-state index is 0.00291. The molecular formula is C55H60F2N7O12PS. The van der Waals surface area contributed by atoms with E-state index in [1.165, 1.54) is 28.0 Å². The molecule has 4 aromatic rings. The summed E-state index contributed by atoms with van der Waals surface area (Å²) in [5.41, 5.74) is -4.71. The SMILES string of the molecule is CC(C)(C)C(NC(=O)c1cc2cc(C(F)(F)P(=O)(O)O)ccc2s1)C(=O)N1CCN(C(=O)CC(=O)NCCCCCC#Cc2cccc3c2C(=O)N(C2CCC(=O)NC2=O)C3=O)C[C@H]1C(=O)N1CCC[C@H](c2ccccc2)C1. The van der Waals surface area contributed by atoms with Crippen LogP contribution in [0.5, 0.6) is 0 Å². The van der Waals surface area contributed by atoms with Gasteiger partial charge in [-0.05, 0) is 78.8 Å². The second kappa shape index (κ2) is 23.4. The first-order valence-corrected chi connectivity index (χ1v) is 28.2. The summed E-state index contributed by atoms with van der Waals surface area (Å²) in [7, 11) is -5.87. The van der Waals surface area contributed by atoms with Gasteiger partial charge in [-0.2, -0.15) is 8.78 Å². The number of fused-ring (bicyclic) bond motifs is 2. The predicted octanol–water partition coefficient (Wildman–Crippen LogP) is 5.24. The lowest BCUT2D eigenvalue weighted by Gasteiger charge is -2.45. The van der Waals surface area contributed by atoms with Crippen molar-refractivity contribution in [2.75, 3.05) is 39.3 Å². The molecule has 4 atom stereocenters. The van der Waals surface area contributed by atoms with Crippen molar-refractivity contribution >= 4 is 82.2 Å². The Morgan fingerprint density at radius 3 is 2.35 bits per heavy atom. The van der Waals surface area contributed by atoms with Crippen LogP contribution in [0.2, 0.25) is 0 Å². The Hall–Kier alpha value is -7.18. The van der Waals surface area contributed by atoms with Crippen molar-refractivity contribution in [3.05, 3.63) is 105 Å². The van der Waals surface area contributed by atoms with Crippen molar-refractivity contribution < 1.29 is 66.3 Å². The van der Waals surface area contributed by atoms with Gasteiger partial charge in [-0.15, -0.1) is 11.3 Å². The first-order chi connectivity index (χ1) is 36.9. The number of thiophene rings is 1. The highest BCUT2D eigenvalue weighted by atomic mass is 32.1. The van der Waals surface area contributed by atoms with Crippen molar-refractivity contribution in [3.8, 4) is 11.8 Å². The third kappa shape index (κ3) is 12.4. The topological polar surface area (TPSA) is 260 Å². The zero-order chi connectivity index (χ0) is 56.3. The van der Waals surface area contributed by atoms with Gasteiger partial charge in [0.15, 0.2) is 0 Å². The van der Waals surface area contributed by atoms with Crippen LogP contribution in [0.15, 0.2) is 72.8 Å². The van der Waals surface area contributed by atoms with Gasteiger partial charge in [0.2, 0.25) is 35.4 Å². The van der Waals surface area contributed by atoms with Crippen molar-refractivity contribution in [1.82, 2.24) is 35.6 Å². The van der Waals surface area contributed by atoms with E-state index in [1.54, 1.807) is 37.8 Å². The first-order valence-electron chi connectivity index (χ1n) is 25.7. The summed E-state index contributed by atoms with van der Waals surface area (Å²) in [6.45, 7) is 5.85. The molecule has 3 saturated heterocycles. The van der Waals surface area contributed by atoms with Gasteiger partial charge in [-0.3, -0.25) is 57.9 Å². The van der Waals surface area contributed by atoms with Gasteiger partial charge in [0.25, 0.3) is 17.7 Å². The predicted molar refractivity (Wildman–Crippen MR) is 282 cm³/mol. The Kier molecular flexibility index (Phi) is 17.1.